The van der Waals surface area contributed by atoms with E-state index in [0.29, 0.717) is 24.4 Å². The van der Waals surface area contributed by atoms with E-state index in [1.807, 2.05) is 52.5 Å². The van der Waals surface area contributed by atoms with Gasteiger partial charge < -0.3 is 14.2 Å². The fraction of sp³-hybridized carbons (Fsp3) is 0.857. The second-order valence-electron chi connectivity index (χ2n) is 11.9. The van der Waals surface area contributed by atoms with Crippen molar-refractivity contribution in [3.8, 4) is 0 Å². The summed E-state index contributed by atoms with van der Waals surface area (Å²) in [6, 6.07) is -0.0109. The van der Waals surface area contributed by atoms with Crippen molar-refractivity contribution < 1.29 is 23.8 Å². The van der Waals surface area contributed by atoms with Crippen LogP contribution in [0, 0.1) is 17.8 Å². The van der Waals surface area contributed by atoms with Crippen LogP contribution < -0.4 is 0 Å². The zero-order chi connectivity index (χ0) is 25.5. The molecule has 1 heterocycles. The van der Waals surface area contributed by atoms with Crippen LogP contribution in [0.3, 0.4) is 0 Å². The van der Waals surface area contributed by atoms with Crippen molar-refractivity contribution >= 4 is 12.1 Å². The molecule has 1 saturated heterocycles. The van der Waals surface area contributed by atoms with E-state index in [9.17, 15) is 9.59 Å². The van der Waals surface area contributed by atoms with Gasteiger partial charge in [0, 0.05) is 6.08 Å². The number of amides is 1. The molecule has 0 radical (unpaired) electrons. The van der Waals surface area contributed by atoms with Gasteiger partial charge in [-0.15, -0.1) is 0 Å². The maximum atomic E-state index is 13.4. The highest BCUT2D eigenvalue weighted by Crippen LogP contribution is 2.42. The molecule has 0 unspecified atom stereocenters. The Hall–Kier alpha value is -1.56. The van der Waals surface area contributed by atoms with Crippen molar-refractivity contribution in [1.82, 2.24) is 4.90 Å². The number of carbonyl (C=O) groups excluding carboxylic acids is 2. The topological polar surface area (TPSA) is 65.1 Å². The van der Waals surface area contributed by atoms with E-state index in [2.05, 4.69) is 13.8 Å². The molecule has 1 amide bonds. The standard InChI is InChI=1S/C28H49NO5/c1-9-32-25(30)17-13-16-22(20(2)3)19-24-23(18-21-14-11-10-12-15-21)29(28(7,8)33-24)26(31)34-27(4,5)6/h13,17,20-24H,9-12,14-16,18-19H2,1-8H3/b17-13+/t22-,23-,24-/m0/s1. The summed E-state index contributed by atoms with van der Waals surface area (Å²) in [5, 5.41) is 0. The Balaban J connectivity index is 2.23. The summed E-state index contributed by atoms with van der Waals surface area (Å²) in [5.74, 6) is 1.07. The van der Waals surface area contributed by atoms with Gasteiger partial charge in [0.1, 0.15) is 11.3 Å². The lowest BCUT2D eigenvalue weighted by Crippen LogP contribution is -2.51. The van der Waals surface area contributed by atoms with Crippen LogP contribution in [0.1, 0.15) is 107 Å². The van der Waals surface area contributed by atoms with Gasteiger partial charge in [-0.1, -0.05) is 52.0 Å². The van der Waals surface area contributed by atoms with Crippen molar-refractivity contribution in [3.63, 3.8) is 0 Å². The molecule has 0 N–H and O–H groups in total. The summed E-state index contributed by atoms with van der Waals surface area (Å²) in [4.78, 5) is 27.0. The van der Waals surface area contributed by atoms with E-state index in [0.717, 1.165) is 19.3 Å². The third-order valence-corrected chi connectivity index (χ3v) is 7.13. The Morgan fingerprint density at radius 3 is 2.35 bits per heavy atom. The van der Waals surface area contributed by atoms with Crippen LogP contribution in [0.4, 0.5) is 4.79 Å². The van der Waals surface area contributed by atoms with E-state index < -0.39 is 11.3 Å². The molecule has 34 heavy (non-hydrogen) atoms. The van der Waals surface area contributed by atoms with Crippen LogP contribution in [-0.2, 0) is 19.0 Å². The normalized spacial score (nSPS) is 24.6. The maximum Gasteiger partial charge on any atom is 0.412 e. The SMILES string of the molecule is CCOC(=O)/C=C/C[C@@H](C[C@@H]1OC(C)(C)N(C(=O)OC(C)(C)C)[C@H]1CC1CCCCC1)C(C)C. The average Bonchev–Trinajstić information content (AvgIpc) is 2.96. The van der Waals surface area contributed by atoms with Gasteiger partial charge in [0.15, 0.2) is 0 Å². The van der Waals surface area contributed by atoms with Crippen molar-refractivity contribution in [2.45, 2.75) is 130 Å². The zero-order valence-corrected chi connectivity index (χ0v) is 22.9. The highest BCUT2D eigenvalue weighted by atomic mass is 16.6. The third kappa shape index (κ3) is 8.58. The lowest BCUT2D eigenvalue weighted by Gasteiger charge is -2.37. The quantitative estimate of drug-likeness (QED) is 0.267. The van der Waals surface area contributed by atoms with E-state index in [-0.39, 0.29) is 24.2 Å². The van der Waals surface area contributed by atoms with E-state index in [1.165, 1.54) is 38.2 Å². The first kappa shape index (κ1) is 28.7. The number of hydrogen-bond acceptors (Lipinski definition) is 5. The molecule has 2 fully saturated rings. The molecule has 0 aromatic rings. The minimum absolute atomic E-state index is 0.0109. The number of ether oxygens (including phenoxy) is 3. The lowest BCUT2D eigenvalue weighted by atomic mass is 9.80. The Labute approximate surface area is 207 Å². The minimum atomic E-state index is -0.728. The number of esters is 1. The van der Waals surface area contributed by atoms with Crippen LogP contribution in [0.15, 0.2) is 12.2 Å². The van der Waals surface area contributed by atoms with E-state index in [1.54, 1.807) is 0 Å². The predicted octanol–water partition coefficient (Wildman–Crippen LogP) is 6.87. The van der Waals surface area contributed by atoms with Gasteiger partial charge in [-0.05, 0) is 78.6 Å². The van der Waals surface area contributed by atoms with Crippen molar-refractivity contribution in [1.29, 1.82) is 0 Å². The molecule has 0 aromatic carbocycles. The Morgan fingerprint density at radius 1 is 1.15 bits per heavy atom. The molecule has 1 aliphatic carbocycles. The van der Waals surface area contributed by atoms with Gasteiger partial charge in [0.05, 0.1) is 18.8 Å². The fourth-order valence-corrected chi connectivity index (χ4v) is 5.43. The Kier molecular flexibility index (Phi) is 10.5. The van der Waals surface area contributed by atoms with Gasteiger partial charge in [-0.25, -0.2) is 9.59 Å². The average molecular weight is 480 g/mol. The van der Waals surface area contributed by atoms with Crippen LogP contribution in [0.2, 0.25) is 0 Å². The molecule has 0 aromatic heterocycles. The summed E-state index contributed by atoms with van der Waals surface area (Å²) in [6.07, 6.45) is 12.0. The van der Waals surface area contributed by atoms with Crippen LogP contribution in [-0.4, -0.2) is 47.0 Å². The molecular weight excluding hydrogens is 430 g/mol. The molecule has 6 nitrogen and oxygen atoms in total. The van der Waals surface area contributed by atoms with Gasteiger partial charge in [0.2, 0.25) is 0 Å². The van der Waals surface area contributed by atoms with E-state index >= 15 is 0 Å². The van der Waals surface area contributed by atoms with Crippen molar-refractivity contribution in [2.24, 2.45) is 17.8 Å². The first-order chi connectivity index (χ1) is 15.8. The summed E-state index contributed by atoms with van der Waals surface area (Å²) in [6.45, 7) is 16.3. The molecule has 3 atom stereocenters. The maximum absolute atomic E-state index is 13.4. The summed E-state index contributed by atoms with van der Waals surface area (Å²) in [5.41, 5.74) is -1.28. The third-order valence-electron chi connectivity index (χ3n) is 7.13. The largest absolute Gasteiger partial charge is 0.463 e. The zero-order valence-electron chi connectivity index (χ0n) is 22.9. The highest BCUT2D eigenvalue weighted by molar-refractivity contribution is 5.81. The van der Waals surface area contributed by atoms with Gasteiger partial charge in [-0.3, -0.25) is 4.90 Å². The second-order valence-corrected chi connectivity index (χ2v) is 11.9. The van der Waals surface area contributed by atoms with Gasteiger partial charge >= 0.3 is 12.1 Å². The first-order valence-electron chi connectivity index (χ1n) is 13.4. The second kappa shape index (κ2) is 12.4. The smallest absolute Gasteiger partial charge is 0.412 e. The molecular formula is C28H49NO5. The molecule has 196 valence electrons. The van der Waals surface area contributed by atoms with Crippen LogP contribution in [0.25, 0.3) is 0 Å². The van der Waals surface area contributed by atoms with Gasteiger partial charge in [-0.2, -0.15) is 0 Å². The Morgan fingerprint density at radius 2 is 1.79 bits per heavy atom. The molecule has 0 spiro atoms. The Bertz CT molecular complexity index is 687. The molecule has 2 rings (SSSR count). The highest BCUT2D eigenvalue weighted by Gasteiger charge is 2.52. The van der Waals surface area contributed by atoms with E-state index in [4.69, 9.17) is 14.2 Å². The lowest BCUT2D eigenvalue weighted by molar-refractivity contribution is -0.137. The summed E-state index contributed by atoms with van der Waals surface area (Å²) in [7, 11) is 0. The monoisotopic (exact) mass is 479 g/mol. The number of carbonyl (C=O) groups is 2. The molecule has 1 aliphatic heterocycles. The fourth-order valence-electron chi connectivity index (χ4n) is 5.43. The first-order valence-corrected chi connectivity index (χ1v) is 13.4. The summed E-state index contributed by atoms with van der Waals surface area (Å²) >= 11 is 0. The van der Waals surface area contributed by atoms with Gasteiger partial charge in [0.25, 0.3) is 0 Å². The molecule has 2 aliphatic rings. The minimum Gasteiger partial charge on any atom is -0.463 e. The van der Waals surface area contributed by atoms with Crippen LogP contribution in [0.5, 0.6) is 0 Å². The van der Waals surface area contributed by atoms with Crippen LogP contribution >= 0.6 is 0 Å². The number of nitrogens with zero attached hydrogens (tertiary/aromatic N) is 1. The number of rotatable bonds is 9. The van der Waals surface area contributed by atoms with Crippen molar-refractivity contribution in [3.05, 3.63) is 12.2 Å². The number of allylic oxidation sites excluding steroid dienone is 1. The molecule has 6 heteroatoms. The molecule has 1 saturated carbocycles. The summed E-state index contributed by atoms with van der Waals surface area (Å²) < 4.78 is 17.5. The predicted molar refractivity (Wildman–Crippen MR) is 135 cm³/mol. The van der Waals surface area contributed by atoms with Crippen molar-refractivity contribution in [2.75, 3.05) is 6.61 Å². The number of hydrogen-bond donors (Lipinski definition) is 0. The molecule has 0 bridgehead atoms.